The smallest absolute Gasteiger partial charge is 0.252 e. The molecule has 36 heavy (non-hydrogen) atoms. The molecule has 0 aliphatic carbocycles. The molecule has 1 amide bonds. The summed E-state index contributed by atoms with van der Waals surface area (Å²) >= 11 is 0. The molecule has 0 spiro atoms. The molecular weight excluding hydrogens is 466 g/mol. The van der Waals surface area contributed by atoms with Crippen LogP contribution in [0.5, 0.6) is 0 Å². The molecule has 4 aromatic heterocycles. The summed E-state index contributed by atoms with van der Waals surface area (Å²) in [6.45, 7) is 0.284. The van der Waals surface area contributed by atoms with Gasteiger partial charge in [0.05, 0.1) is 11.1 Å². The second-order valence-electron chi connectivity index (χ2n) is 8.52. The number of nitrogens with zero attached hydrogens (tertiary/aromatic N) is 6. The van der Waals surface area contributed by atoms with Gasteiger partial charge in [0.15, 0.2) is 12.3 Å². The Labute approximate surface area is 205 Å². The number of carbonyl (C=O) groups excluding carboxylic acids is 1. The van der Waals surface area contributed by atoms with Crippen LogP contribution in [0.3, 0.4) is 0 Å². The monoisotopic (exact) mass is 493 g/mol. The SMILES string of the molecule is CNc1cccc(CCNC(=O)[C@H]2O[C@@H](n3cc(-c4ccn(C)n4)c4c(N)ncnc43)[C@H](O)[C@@H]2O)n1. The quantitative estimate of drug-likeness (QED) is 0.232. The van der Waals surface area contributed by atoms with E-state index in [1.54, 1.807) is 35.7 Å². The van der Waals surface area contributed by atoms with E-state index in [0.29, 0.717) is 28.7 Å². The topological polar surface area (TPSA) is 178 Å². The van der Waals surface area contributed by atoms with Gasteiger partial charge in [-0.25, -0.2) is 15.0 Å². The third-order valence-electron chi connectivity index (χ3n) is 6.14. The molecule has 1 aliphatic rings. The van der Waals surface area contributed by atoms with E-state index in [1.807, 2.05) is 24.3 Å². The van der Waals surface area contributed by atoms with Gasteiger partial charge in [-0.15, -0.1) is 0 Å². The predicted octanol–water partition coefficient (Wildman–Crippen LogP) is -0.171. The molecule has 4 atom stereocenters. The van der Waals surface area contributed by atoms with Crippen LogP contribution in [0.25, 0.3) is 22.3 Å². The van der Waals surface area contributed by atoms with Crippen LogP contribution >= 0.6 is 0 Å². The number of aryl methyl sites for hydroxylation is 1. The third-order valence-corrected chi connectivity index (χ3v) is 6.14. The van der Waals surface area contributed by atoms with Crippen LogP contribution in [0.2, 0.25) is 0 Å². The van der Waals surface area contributed by atoms with Gasteiger partial charge in [-0.05, 0) is 18.2 Å². The number of carbonyl (C=O) groups is 1. The predicted molar refractivity (Wildman–Crippen MR) is 131 cm³/mol. The Balaban J connectivity index is 1.36. The first-order valence-corrected chi connectivity index (χ1v) is 11.4. The number of anilines is 2. The number of ether oxygens (including phenoxy) is 1. The van der Waals surface area contributed by atoms with Gasteiger partial charge in [-0.2, -0.15) is 5.10 Å². The van der Waals surface area contributed by atoms with Gasteiger partial charge < -0.3 is 35.9 Å². The van der Waals surface area contributed by atoms with Gasteiger partial charge >= 0.3 is 0 Å². The van der Waals surface area contributed by atoms with Crippen molar-refractivity contribution in [1.82, 2.24) is 34.6 Å². The minimum absolute atomic E-state index is 0.234. The molecule has 0 aromatic carbocycles. The molecule has 0 bridgehead atoms. The van der Waals surface area contributed by atoms with Crippen molar-refractivity contribution in [3.05, 3.63) is 48.7 Å². The molecular formula is C23H27N9O4. The molecule has 0 radical (unpaired) electrons. The van der Waals surface area contributed by atoms with Crippen LogP contribution in [0, 0.1) is 0 Å². The fourth-order valence-electron chi connectivity index (χ4n) is 4.33. The standard InChI is InChI=1S/C23H27N9O4/c1-25-15-5-3-4-12(29-15)6-8-26-22(35)19-17(33)18(34)23(36-19)32-10-13(14-7-9-31(2)30-14)16-20(24)27-11-28-21(16)32/h3-5,7,9-11,17-19,23,33-34H,6,8H2,1-2H3,(H,25,29)(H,26,35)(H2,24,27,28)/t17-,18+,19-,23+/m0/s1. The van der Waals surface area contributed by atoms with Gasteiger partial charge in [0.2, 0.25) is 0 Å². The van der Waals surface area contributed by atoms with Crippen molar-refractivity contribution < 1.29 is 19.7 Å². The van der Waals surface area contributed by atoms with Gasteiger partial charge in [0.25, 0.3) is 5.91 Å². The minimum atomic E-state index is -1.45. The lowest BCUT2D eigenvalue weighted by molar-refractivity contribution is -0.137. The Morgan fingerprint density at radius 2 is 2.06 bits per heavy atom. The zero-order chi connectivity index (χ0) is 25.4. The maximum absolute atomic E-state index is 12.8. The molecule has 0 unspecified atom stereocenters. The molecule has 188 valence electrons. The van der Waals surface area contributed by atoms with E-state index in [4.69, 9.17) is 10.5 Å². The van der Waals surface area contributed by atoms with E-state index in [-0.39, 0.29) is 12.4 Å². The first-order valence-electron chi connectivity index (χ1n) is 11.4. The van der Waals surface area contributed by atoms with Crippen molar-refractivity contribution in [1.29, 1.82) is 0 Å². The van der Waals surface area contributed by atoms with Gasteiger partial charge in [0.1, 0.15) is 35.8 Å². The highest BCUT2D eigenvalue weighted by molar-refractivity contribution is 5.99. The summed E-state index contributed by atoms with van der Waals surface area (Å²) in [5.41, 5.74) is 8.59. The van der Waals surface area contributed by atoms with E-state index in [1.165, 1.54) is 6.33 Å². The molecule has 13 heteroatoms. The van der Waals surface area contributed by atoms with E-state index >= 15 is 0 Å². The molecule has 5 heterocycles. The van der Waals surface area contributed by atoms with E-state index in [9.17, 15) is 15.0 Å². The lowest BCUT2D eigenvalue weighted by Crippen LogP contribution is -2.43. The maximum Gasteiger partial charge on any atom is 0.252 e. The molecule has 1 saturated heterocycles. The number of nitrogen functional groups attached to an aromatic ring is 1. The summed E-state index contributed by atoms with van der Waals surface area (Å²) in [7, 11) is 3.57. The Bertz CT molecular complexity index is 1400. The summed E-state index contributed by atoms with van der Waals surface area (Å²) in [5, 5.41) is 32.1. The number of nitrogens with one attached hydrogen (secondary N) is 2. The zero-order valence-electron chi connectivity index (χ0n) is 19.7. The number of hydrogen-bond donors (Lipinski definition) is 5. The van der Waals surface area contributed by atoms with Crippen molar-refractivity contribution in [3.8, 4) is 11.3 Å². The molecule has 1 aliphatic heterocycles. The van der Waals surface area contributed by atoms with Crippen LogP contribution in [-0.4, -0.2) is 77.3 Å². The maximum atomic E-state index is 12.8. The first kappa shape index (κ1) is 23.7. The number of nitrogens with two attached hydrogens (primary N) is 1. The van der Waals surface area contributed by atoms with E-state index in [0.717, 1.165) is 11.5 Å². The lowest BCUT2D eigenvalue weighted by atomic mass is 10.1. The molecule has 5 rings (SSSR count). The Morgan fingerprint density at radius 1 is 1.22 bits per heavy atom. The first-order chi connectivity index (χ1) is 17.4. The summed E-state index contributed by atoms with van der Waals surface area (Å²) in [6, 6.07) is 7.38. The molecule has 4 aromatic rings. The summed E-state index contributed by atoms with van der Waals surface area (Å²) in [4.78, 5) is 25.6. The van der Waals surface area contributed by atoms with Crippen molar-refractivity contribution >= 4 is 28.6 Å². The zero-order valence-corrected chi connectivity index (χ0v) is 19.7. The highest BCUT2D eigenvalue weighted by Gasteiger charge is 2.47. The summed E-state index contributed by atoms with van der Waals surface area (Å²) in [5.74, 6) is 0.426. The third kappa shape index (κ3) is 4.23. The fourth-order valence-corrected chi connectivity index (χ4v) is 4.33. The molecule has 13 nitrogen and oxygen atoms in total. The number of aromatic nitrogens is 6. The van der Waals surface area contributed by atoms with Crippen LogP contribution in [-0.2, 0) is 23.0 Å². The van der Waals surface area contributed by atoms with Crippen LogP contribution in [0.4, 0.5) is 11.6 Å². The fraction of sp³-hybridized carbons (Fsp3) is 0.348. The number of pyridine rings is 1. The van der Waals surface area contributed by atoms with E-state index < -0.39 is 30.4 Å². The number of fused-ring (bicyclic) bond motifs is 1. The van der Waals surface area contributed by atoms with E-state index in [2.05, 4.69) is 30.7 Å². The van der Waals surface area contributed by atoms with Gasteiger partial charge in [-0.3, -0.25) is 9.48 Å². The van der Waals surface area contributed by atoms with Crippen LogP contribution in [0.15, 0.2) is 43.0 Å². The summed E-state index contributed by atoms with van der Waals surface area (Å²) in [6.07, 6.45) is 0.0504. The number of aliphatic hydroxyl groups is 2. The van der Waals surface area contributed by atoms with Crippen molar-refractivity contribution in [2.24, 2.45) is 7.05 Å². The number of aliphatic hydroxyl groups excluding tert-OH is 2. The van der Waals surface area contributed by atoms with Crippen molar-refractivity contribution in [2.75, 3.05) is 24.6 Å². The summed E-state index contributed by atoms with van der Waals surface area (Å²) < 4.78 is 9.07. The molecule has 0 saturated carbocycles. The number of amides is 1. The second-order valence-corrected chi connectivity index (χ2v) is 8.52. The Hall–Kier alpha value is -4.07. The van der Waals surface area contributed by atoms with Gasteiger partial charge in [0, 0.05) is 50.7 Å². The van der Waals surface area contributed by atoms with Crippen LogP contribution in [0.1, 0.15) is 11.9 Å². The largest absolute Gasteiger partial charge is 0.387 e. The lowest BCUT2D eigenvalue weighted by Gasteiger charge is -2.17. The average Bonchev–Trinajstić information content (AvgIpc) is 3.56. The highest BCUT2D eigenvalue weighted by Crippen LogP contribution is 2.37. The number of rotatable bonds is 7. The van der Waals surface area contributed by atoms with Crippen LogP contribution < -0.4 is 16.4 Å². The number of hydrogen-bond acceptors (Lipinski definition) is 10. The molecule has 6 N–H and O–H groups in total. The van der Waals surface area contributed by atoms with Crippen molar-refractivity contribution in [2.45, 2.75) is 31.0 Å². The minimum Gasteiger partial charge on any atom is -0.387 e. The molecule has 1 fully saturated rings. The Morgan fingerprint density at radius 3 is 2.81 bits per heavy atom. The normalized spacial score (nSPS) is 21.7. The second kappa shape index (κ2) is 9.53. The Kier molecular flexibility index (Phi) is 6.26. The average molecular weight is 494 g/mol. The van der Waals surface area contributed by atoms with Crippen molar-refractivity contribution in [3.63, 3.8) is 0 Å². The van der Waals surface area contributed by atoms with Gasteiger partial charge in [-0.1, -0.05) is 6.07 Å². The highest BCUT2D eigenvalue weighted by atomic mass is 16.6.